The molecule has 28 heavy (non-hydrogen) atoms. The molecule has 0 aliphatic rings. The van der Waals surface area contributed by atoms with Crippen LogP contribution >= 0.6 is 23.1 Å². The molecule has 6 nitrogen and oxygen atoms in total. The minimum atomic E-state index is -0.105. The van der Waals surface area contributed by atoms with E-state index in [0.29, 0.717) is 34.2 Å². The third kappa shape index (κ3) is 3.38. The molecule has 8 heteroatoms. The maximum atomic E-state index is 12.8. The molecule has 0 aliphatic carbocycles. The molecular formula is C20H20N4O2S2. The largest absolute Gasteiger partial charge is 0.287 e. The van der Waals surface area contributed by atoms with Crippen molar-refractivity contribution in [3.8, 4) is 0 Å². The molecule has 0 spiro atoms. The van der Waals surface area contributed by atoms with E-state index in [9.17, 15) is 9.59 Å². The van der Waals surface area contributed by atoms with Crippen LogP contribution in [0.2, 0.25) is 0 Å². The van der Waals surface area contributed by atoms with Crippen molar-refractivity contribution in [3.63, 3.8) is 0 Å². The molecule has 0 radical (unpaired) electrons. The fourth-order valence-corrected chi connectivity index (χ4v) is 5.05. The van der Waals surface area contributed by atoms with Gasteiger partial charge in [0.2, 0.25) is 0 Å². The highest BCUT2D eigenvalue weighted by Crippen LogP contribution is 2.26. The van der Waals surface area contributed by atoms with Gasteiger partial charge in [-0.15, -0.1) is 11.3 Å². The molecule has 0 unspecified atom stereocenters. The summed E-state index contributed by atoms with van der Waals surface area (Å²) in [7, 11) is 0. The second-order valence-corrected chi connectivity index (χ2v) is 8.60. The van der Waals surface area contributed by atoms with Crippen LogP contribution in [-0.2, 0) is 18.7 Å². The van der Waals surface area contributed by atoms with Crippen LogP contribution in [-0.4, -0.2) is 18.9 Å². The summed E-state index contributed by atoms with van der Waals surface area (Å²) in [5.74, 6) is 0.476. The zero-order valence-electron chi connectivity index (χ0n) is 15.9. The van der Waals surface area contributed by atoms with E-state index >= 15 is 0 Å². The SMILES string of the molecule is CCc1cc2c(=O)n(CC)c(SCc3cc(=O)n4cc(C)ccc4n3)nc2s1. The second-order valence-electron chi connectivity index (χ2n) is 6.54. The summed E-state index contributed by atoms with van der Waals surface area (Å²) >= 11 is 3.00. The molecule has 4 aromatic heterocycles. The summed E-state index contributed by atoms with van der Waals surface area (Å²) in [6.45, 7) is 6.50. The Labute approximate surface area is 169 Å². The Balaban J connectivity index is 1.70. The molecule has 0 N–H and O–H groups in total. The number of aromatic nitrogens is 4. The van der Waals surface area contributed by atoms with Crippen molar-refractivity contribution >= 4 is 39.0 Å². The number of pyridine rings is 1. The van der Waals surface area contributed by atoms with Gasteiger partial charge in [0, 0.05) is 29.4 Å². The van der Waals surface area contributed by atoms with E-state index in [0.717, 1.165) is 21.7 Å². The van der Waals surface area contributed by atoms with Crippen molar-refractivity contribution in [1.82, 2.24) is 18.9 Å². The molecule has 0 aliphatic heterocycles. The molecule has 144 valence electrons. The molecule has 0 bridgehead atoms. The fourth-order valence-electron chi connectivity index (χ4n) is 3.08. The lowest BCUT2D eigenvalue weighted by Gasteiger charge is -2.10. The number of thiophene rings is 1. The van der Waals surface area contributed by atoms with Gasteiger partial charge in [0.05, 0.1) is 11.1 Å². The Hall–Kier alpha value is -2.45. The number of fused-ring (bicyclic) bond motifs is 2. The van der Waals surface area contributed by atoms with Gasteiger partial charge in [-0.25, -0.2) is 9.97 Å². The van der Waals surface area contributed by atoms with Crippen molar-refractivity contribution in [3.05, 3.63) is 67.3 Å². The van der Waals surface area contributed by atoms with E-state index in [4.69, 9.17) is 4.98 Å². The van der Waals surface area contributed by atoms with Crippen LogP contribution in [0, 0.1) is 6.92 Å². The molecule has 0 saturated heterocycles. The number of thioether (sulfide) groups is 1. The van der Waals surface area contributed by atoms with E-state index in [2.05, 4.69) is 11.9 Å². The van der Waals surface area contributed by atoms with Crippen LogP contribution in [0.15, 0.2) is 45.2 Å². The smallest absolute Gasteiger partial charge is 0.262 e. The minimum Gasteiger partial charge on any atom is -0.287 e. The molecule has 0 fully saturated rings. The second kappa shape index (κ2) is 7.52. The number of rotatable bonds is 5. The lowest BCUT2D eigenvalue weighted by molar-refractivity contribution is 0.635. The highest BCUT2D eigenvalue weighted by molar-refractivity contribution is 7.98. The first-order valence-corrected chi connectivity index (χ1v) is 11.0. The number of aryl methyl sites for hydroxylation is 2. The predicted molar refractivity (Wildman–Crippen MR) is 115 cm³/mol. The first-order chi connectivity index (χ1) is 13.5. The number of hydrogen-bond donors (Lipinski definition) is 0. The average Bonchev–Trinajstić information content (AvgIpc) is 3.11. The van der Waals surface area contributed by atoms with Gasteiger partial charge in [0.15, 0.2) is 5.16 Å². The highest BCUT2D eigenvalue weighted by atomic mass is 32.2. The third-order valence-electron chi connectivity index (χ3n) is 4.54. The van der Waals surface area contributed by atoms with Crippen LogP contribution in [0.5, 0.6) is 0 Å². The summed E-state index contributed by atoms with van der Waals surface area (Å²) < 4.78 is 3.24. The topological polar surface area (TPSA) is 69.3 Å². The van der Waals surface area contributed by atoms with Crippen molar-refractivity contribution in [2.45, 2.75) is 44.6 Å². The third-order valence-corrected chi connectivity index (χ3v) is 6.72. The quantitative estimate of drug-likeness (QED) is 0.370. The van der Waals surface area contributed by atoms with Crippen molar-refractivity contribution < 1.29 is 0 Å². The van der Waals surface area contributed by atoms with Crippen molar-refractivity contribution in [1.29, 1.82) is 0 Å². The first-order valence-electron chi connectivity index (χ1n) is 9.15. The monoisotopic (exact) mass is 412 g/mol. The van der Waals surface area contributed by atoms with Crippen LogP contribution in [0.25, 0.3) is 15.9 Å². The van der Waals surface area contributed by atoms with E-state index in [-0.39, 0.29) is 11.1 Å². The molecule has 0 saturated carbocycles. The lowest BCUT2D eigenvalue weighted by atomic mass is 10.3. The maximum Gasteiger partial charge on any atom is 0.262 e. The normalized spacial score (nSPS) is 11.5. The van der Waals surface area contributed by atoms with Gasteiger partial charge in [-0.1, -0.05) is 24.8 Å². The Morgan fingerprint density at radius 2 is 1.96 bits per heavy atom. The van der Waals surface area contributed by atoms with Gasteiger partial charge in [-0.2, -0.15) is 0 Å². The minimum absolute atomic E-state index is 0.00651. The zero-order chi connectivity index (χ0) is 19.8. The first kappa shape index (κ1) is 18.9. The van der Waals surface area contributed by atoms with Gasteiger partial charge in [0.1, 0.15) is 10.5 Å². The predicted octanol–water partition coefficient (Wildman–Crippen LogP) is 3.65. The summed E-state index contributed by atoms with van der Waals surface area (Å²) in [5, 5.41) is 1.35. The molecule has 0 atom stereocenters. The Bertz CT molecular complexity index is 1300. The molecule has 0 aromatic carbocycles. The maximum absolute atomic E-state index is 12.8. The number of nitrogens with zero attached hydrogens (tertiary/aromatic N) is 4. The Morgan fingerprint density at radius 1 is 1.14 bits per heavy atom. The summed E-state index contributed by atoms with van der Waals surface area (Å²) in [5.41, 5.74) is 2.19. The fraction of sp³-hybridized carbons (Fsp3) is 0.300. The van der Waals surface area contributed by atoms with E-state index in [1.165, 1.54) is 11.8 Å². The molecular weight excluding hydrogens is 392 g/mol. The van der Waals surface area contributed by atoms with E-state index in [1.54, 1.807) is 32.6 Å². The van der Waals surface area contributed by atoms with Crippen LogP contribution in [0.3, 0.4) is 0 Å². The van der Waals surface area contributed by atoms with Crippen LogP contribution in [0.1, 0.15) is 30.0 Å². The summed E-state index contributed by atoms with van der Waals surface area (Å²) in [6, 6.07) is 7.27. The van der Waals surface area contributed by atoms with Gasteiger partial charge in [0.25, 0.3) is 11.1 Å². The molecule has 4 rings (SSSR count). The van der Waals surface area contributed by atoms with Crippen molar-refractivity contribution in [2.24, 2.45) is 0 Å². The Morgan fingerprint density at radius 3 is 2.71 bits per heavy atom. The van der Waals surface area contributed by atoms with E-state index < -0.39 is 0 Å². The zero-order valence-corrected chi connectivity index (χ0v) is 17.6. The van der Waals surface area contributed by atoms with Crippen molar-refractivity contribution in [2.75, 3.05) is 0 Å². The molecule has 4 heterocycles. The van der Waals surface area contributed by atoms with Crippen LogP contribution < -0.4 is 11.1 Å². The van der Waals surface area contributed by atoms with Gasteiger partial charge >= 0.3 is 0 Å². The molecule has 4 aromatic rings. The average molecular weight is 413 g/mol. The molecule has 0 amide bonds. The van der Waals surface area contributed by atoms with E-state index in [1.807, 2.05) is 32.0 Å². The standard InChI is InChI=1S/C20H20N4O2S2/c1-4-14-9-15-18(28-14)22-20(23(5-2)19(15)26)27-11-13-8-17(25)24-10-12(3)6-7-16(24)21-13/h6-10H,4-5,11H2,1-3H3. The van der Waals surface area contributed by atoms with Gasteiger partial charge in [-0.05, 0) is 38.0 Å². The summed E-state index contributed by atoms with van der Waals surface area (Å²) in [6.07, 6.45) is 2.67. The van der Waals surface area contributed by atoms with Crippen LogP contribution in [0.4, 0.5) is 0 Å². The Kier molecular flexibility index (Phi) is 5.07. The van der Waals surface area contributed by atoms with Gasteiger partial charge in [-0.3, -0.25) is 18.6 Å². The number of hydrogen-bond acceptors (Lipinski definition) is 6. The van der Waals surface area contributed by atoms with Gasteiger partial charge < -0.3 is 0 Å². The highest BCUT2D eigenvalue weighted by Gasteiger charge is 2.14. The summed E-state index contributed by atoms with van der Waals surface area (Å²) in [4.78, 5) is 36.5. The lowest BCUT2D eigenvalue weighted by Crippen LogP contribution is -2.22.